The molecule has 3 rings (SSSR count). The minimum absolute atomic E-state index is 0.127. The molecular formula is C18H23N3O4. The van der Waals surface area contributed by atoms with Crippen LogP contribution in [0.3, 0.4) is 0 Å². The molecule has 0 aromatic carbocycles. The number of carbonyl (C=O) groups is 2. The van der Waals surface area contributed by atoms with Gasteiger partial charge >= 0.3 is 5.97 Å². The van der Waals surface area contributed by atoms with Gasteiger partial charge in [0.1, 0.15) is 5.76 Å². The van der Waals surface area contributed by atoms with Gasteiger partial charge in [0, 0.05) is 30.0 Å². The van der Waals surface area contributed by atoms with E-state index in [1.807, 2.05) is 44.4 Å². The van der Waals surface area contributed by atoms with Crippen molar-refractivity contribution in [2.75, 3.05) is 6.54 Å². The zero-order valence-corrected chi connectivity index (χ0v) is 14.9. The molecule has 0 aliphatic carbocycles. The van der Waals surface area contributed by atoms with E-state index >= 15 is 0 Å². The van der Waals surface area contributed by atoms with Crippen LogP contribution in [-0.2, 0) is 4.79 Å². The van der Waals surface area contributed by atoms with Gasteiger partial charge in [-0.3, -0.25) is 14.2 Å². The Morgan fingerprint density at radius 3 is 2.60 bits per heavy atom. The zero-order chi connectivity index (χ0) is 18.3. The third-order valence-corrected chi connectivity index (χ3v) is 5.07. The van der Waals surface area contributed by atoms with Crippen molar-refractivity contribution in [2.45, 2.75) is 46.6 Å². The predicted molar refractivity (Wildman–Crippen MR) is 90.9 cm³/mol. The summed E-state index contributed by atoms with van der Waals surface area (Å²) < 4.78 is 7.02. The molecule has 1 fully saturated rings. The highest BCUT2D eigenvalue weighted by molar-refractivity contribution is 5.96. The van der Waals surface area contributed by atoms with Gasteiger partial charge in [0.2, 0.25) is 0 Å². The SMILES string of the molecule is Cc1cc(-n2c(C)cc(C(=O)N3CCC[C@@H](C(=O)O)[C@H]3C)c2C)no1. The summed E-state index contributed by atoms with van der Waals surface area (Å²) in [7, 11) is 0. The van der Waals surface area contributed by atoms with E-state index in [1.165, 1.54) is 0 Å². The maximum Gasteiger partial charge on any atom is 0.308 e. The lowest BCUT2D eigenvalue weighted by Crippen LogP contribution is -2.49. The fourth-order valence-electron chi connectivity index (χ4n) is 3.71. The van der Waals surface area contributed by atoms with Crippen LogP contribution in [0.25, 0.3) is 5.82 Å². The third kappa shape index (κ3) is 2.94. The largest absolute Gasteiger partial charge is 0.481 e. The highest BCUT2D eigenvalue weighted by Gasteiger charge is 2.36. The van der Waals surface area contributed by atoms with Gasteiger partial charge in [-0.25, -0.2) is 0 Å². The van der Waals surface area contributed by atoms with Crippen molar-refractivity contribution in [3.63, 3.8) is 0 Å². The molecule has 1 aliphatic rings. The number of carboxylic acids is 1. The van der Waals surface area contributed by atoms with E-state index in [9.17, 15) is 14.7 Å². The molecule has 1 saturated heterocycles. The van der Waals surface area contributed by atoms with E-state index in [2.05, 4.69) is 5.16 Å². The molecule has 7 heteroatoms. The number of amides is 1. The summed E-state index contributed by atoms with van der Waals surface area (Å²) in [5.74, 6) is -0.142. The third-order valence-electron chi connectivity index (χ3n) is 5.07. The number of rotatable bonds is 3. The van der Waals surface area contributed by atoms with Crippen LogP contribution in [0.4, 0.5) is 0 Å². The van der Waals surface area contributed by atoms with E-state index in [-0.39, 0.29) is 11.9 Å². The van der Waals surface area contributed by atoms with Crippen LogP contribution in [0, 0.1) is 26.7 Å². The predicted octanol–water partition coefficient (Wildman–Crippen LogP) is 2.72. The number of nitrogens with zero attached hydrogens (tertiary/aromatic N) is 3. The van der Waals surface area contributed by atoms with Crippen molar-refractivity contribution in [1.29, 1.82) is 0 Å². The Bertz CT molecular complexity index is 820. The lowest BCUT2D eigenvalue weighted by atomic mass is 9.90. The van der Waals surface area contributed by atoms with Gasteiger partial charge in [0.15, 0.2) is 5.82 Å². The Morgan fingerprint density at radius 1 is 1.28 bits per heavy atom. The standard InChI is InChI=1S/C18H23N3O4/c1-10-8-15(13(4)21(10)16-9-11(2)25-19-16)17(22)20-7-5-6-14(12(20)3)18(23)24/h8-9,12,14H,5-7H2,1-4H3,(H,23,24)/t12-,14-/m1/s1. The van der Waals surface area contributed by atoms with E-state index < -0.39 is 11.9 Å². The Labute approximate surface area is 146 Å². The summed E-state index contributed by atoms with van der Waals surface area (Å²) in [4.78, 5) is 26.2. The quantitative estimate of drug-likeness (QED) is 0.924. The number of aliphatic carboxylic acids is 1. The van der Waals surface area contributed by atoms with Crippen LogP contribution in [0.2, 0.25) is 0 Å². The van der Waals surface area contributed by atoms with Gasteiger partial charge in [0.25, 0.3) is 5.91 Å². The van der Waals surface area contributed by atoms with Crippen LogP contribution < -0.4 is 0 Å². The average molecular weight is 345 g/mol. The lowest BCUT2D eigenvalue weighted by molar-refractivity contribution is -0.144. The van der Waals surface area contributed by atoms with E-state index in [0.29, 0.717) is 36.5 Å². The first-order valence-corrected chi connectivity index (χ1v) is 8.47. The van der Waals surface area contributed by atoms with Crippen molar-refractivity contribution < 1.29 is 19.2 Å². The summed E-state index contributed by atoms with van der Waals surface area (Å²) in [5.41, 5.74) is 2.24. The summed E-state index contributed by atoms with van der Waals surface area (Å²) in [6.45, 7) is 7.99. The lowest BCUT2D eigenvalue weighted by Gasteiger charge is -2.37. The number of aryl methyl sites for hydroxylation is 2. The zero-order valence-electron chi connectivity index (χ0n) is 14.9. The number of carbonyl (C=O) groups excluding carboxylic acids is 1. The molecule has 0 radical (unpaired) electrons. The van der Waals surface area contributed by atoms with Crippen molar-refractivity contribution >= 4 is 11.9 Å². The molecular weight excluding hydrogens is 322 g/mol. The highest BCUT2D eigenvalue weighted by atomic mass is 16.5. The van der Waals surface area contributed by atoms with Crippen molar-refractivity contribution in [3.8, 4) is 5.82 Å². The first kappa shape index (κ1) is 17.3. The summed E-state index contributed by atoms with van der Waals surface area (Å²) in [6.07, 6.45) is 1.31. The Morgan fingerprint density at radius 2 is 2.00 bits per heavy atom. The first-order valence-electron chi connectivity index (χ1n) is 8.47. The Kier molecular flexibility index (Phi) is 4.41. The summed E-state index contributed by atoms with van der Waals surface area (Å²) in [6, 6.07) is 3.33. The molecule has 7 nitrogen and oxygen atoms in total. The van der Waals surface area contributed by atoms with Gasteiger partial charge in [-0.15, -0.1) is 0 Å². The fourth-order valence-corrected chi connectivity index (χ4v) is 3.71. The van der Waals surface area contributed by atoms with Gasteiger partial charge in [-0.1, -0.05) is 5.16 Å². The van der Waals surface area contributed by atoms with Crippen LogP contribution >= 0.6 is 0 Å². The van der Waals surface area contributed by atoms with E-state index in [4.69, 9.17) is 4.52 Å². The van der Waals surface area contributed by atoms with Crippen molar-refractivity contribution in [2.24, 2.45) is 5.92 Å². The van der Waals surface area contributed by atoms with Crippen LogP contribution in [0.1, 0.15) is 47.3 Å². The van der Waals surface area contributed by atoms with E-state index in [1.54, 1.807) is 4.90 Å². The molecule has 134 valence electrons. The van der Waals surface area contributed by atoms with Gasteiger partial charge < -0.3 is 14.5 Å². The van der Waals surface area contributed by atoms with Crippen LogP contribution in [-0.4, -0.2) is 44.2 Å². The van der Waals surface area contributed by atoms with Gasteiger partial charge in [-0.2, -0.15) is 0 Å². The second kappa shape index (κ2) is 6.38. The maximum atomic E-state index is 13.1. The molecule has 0 spiro atoms. The fraction of sp³-hybridized carbons (Fsp3) is 0.500. The molecule has 0 unspecified atom stereocenters. The number of piperidine rings is 1. The molecule has 2 aromatic rings. The maximum absolute atomic E-state index is 13.1. The minimum atomic E-state index is -0.839. The van der Waals surface area contributed by atoms with Crippen molar-refractivity contribution in [1.82, 2.24) is 14.6 Å². The molecule has 0 saturated carbocycles. The molecule has 1 N–H and O–H groups in total. The topological polar surface area (TPSA) is 88.6 Å². The number of carboxylic acid groups (broad SMARTS) is 1. The first-order chi connectivity index (χ1) is 11.8. The number of hydrogen-bond donors (Lipinski definition) is 1. The van der Waals surface area contributed by atoms with Gasteiger partial charge in [-0.05, 0) is 46.6 Å². The number of likely N-dealkylation sites (tertiary alicyclic amines) is 1. The summed E-state index contributed by atoms with van der Waals surface area (Å²) >= 11 is 0. The normalized spacial score (nSPS) is 20.7. The molecule has 3 heterocycles. The molecule has 0 bridgehead atoms. The molecule has 25 heavy (non-hydrogen) atoms. The molecule has 1 amide bonds. The van der Waals surface area contributed by atoms with Crippen LogP contribution in [0.15, 0.2) is 16.7 Å². The highest BCUT2D eigenvalue weighted by Crippen LogP contribution is 2.28. The second-order valence-electron chi connectivity index (χ2n) is 6.74. The minimum Gasteiger partial charge on any atom is -0.481 e. The molecule has 2 atom stereocenters. The Hall–Kier alpha value is -2.57. The monoisotopic (exact) mass is 345 g/mol. The molecule has 1 aliphatic heterocycles. The number of hydrogen-bond acceptors (Lipinski definition) is 4. The second-order valence-corrected chi connectivity index (χ2v) is 6.74. The Balaban J connectivity index is 1.94. The van der Waals surface area contributed by atoms with E-state index in [0.717, 1.165) is 11.4 Å². The van der Waals surface area contributed by atoms with Crippen LogP contribution in [0.5, 0.6) is 0 Å². The van der Waals surface area contributed by atoms with Crippen molar-refractivity contribution in [3.05, 3.63) is 34.8 Å². The smallest absolute Gasteiger partial charge is 0.308 e. The van der Waals surface area contributed by atoms with Gasteiger partial charge in [0.05, 0.1) is 11.5 Å². The summed E-state index contributed by atoms with van der Waals surface area (Å²) in [5, 5.41) is 13.4. The molecule has 2 aromatic heterocycles. The number of aromatic nitrogens is 2. The average Bonchev–Trinajstić information content (AvgIpc) is 3.09.